The second kappa shape index (κ2) is 6.07. The minimum atomic E-state index is -4.47. The lowest BCUT2D eigenvalue weighted by Crippen LogP contribution is -2.04. The Balaban J connectivity index is 2.42. The van der Waals surface area contributed by atoms with Crippen molar-refractivity contribution < 1.29 is 23.0 Å². The highest BCUT2D eigenvalue weighted by Gasteiger charge is 2.31. The van der Waals surface area contributed by atoms with E-state index >= 15 is 0 Å². The standard InChI is InChI=1S/C14H10ClF3O2S/c1-20-11-5-3-9(15)7-13(11)21-12-6-8(14(16,17)18)2-4-10(12)19/h2-7,19H,1H3. The predicted octanol–water partition coefficient (Wildman–Crippen LogP) is 5.22. The van der Waals surface area contributed by atoms with Crippen molar-refractivity contribution in [3.8, 4) is 11.5 Å². The van der Waals surface area contributed by atoms with Gasteiger partial charge >= 0.3 is 6.18 Å². The largest absolute Gasteiger partial charge is 0.507 e. The number of rotatable bonds is 3. The third kappa shape index (κ3) is 3.77. The van der Waals surface area contributed by atoms with Gasteiger partial charge in [-0.05, 0) is 36.4 Å². The highest BCUT2D eigenvalue weighted by atomic mass is 35.5. The lowest BCUT2D eigenvalue weighted by Gasteiger charge is -2.12. The molecule has 1 N–H and O–H groups in total. The van der Waals surface area contributed by atoms with E-state index in [1.165, 1.54) is 7.11 Å². The number of alkyl halides is 3. The Labute approximate surface area is 128 Å². The van der Waals surface area contributed by atoms with Gasteiger partial charge in [0.15, 0.2) is 0 Å². The SMILES string of the molecule is COc1ccc(Cl)cc1Sc1cc(C(F)(F)F)ccc1O. The second-order valence-electron chi connectivity index (χ2n) is 4.08. The number of ether oxygens (including phenoxy) is 1. The first-order valence-corrected chi connectivity index (χ1v) is 6.92. The first-order valence-electron chi connectivity index (χ1n) is 5.73. The minimum absolute atomic E-state index is 0.0744. The van der Waals surface area contributed by atoms with Gasteiger partial charge in [0.25, 0.3) is 0 Å². The van der Waals surface area contributed by atoms with Crippen LogP contribution in [0.4, 0.5) is 13.2 Å². The maximum absolute atomic E-state index is 12.7. The molecule has 0 aliphatic carbocycles. The summed E-state index contributed by atoms with van der Waals surface area (Å²) in [5, 5.41) is 10.2. The Morgan fingerprint density at radius 3 is 2.43 bits per heavy atom. The number of benzene rings is 2. The maximum atomic E-state index is 12.7. The van der Waals surface area contributed by atoms with E-state index in [2.05, 4.69) is 0 Å². The Bertz CT molecular complexity index is 659. The van der Waals surface area contributed by atoms with Crippen molar-refractivity contribution in [3.63, 3.8) is 0 Å². The van der Waals surface area contributed by atoms with Crippen molar-refractivity contribution in [1.82, 2.24) is 0 Å². The molecule has 0 unspecified atom stereocenters. The van der Waals surface area contributed by atoms with Crippen LogP contribution in [0.2, 0.25) is 5.02 Å². The van der Waals surface area contributed by atoms with E-state index in [4.69, 9.17) is 16.3 Å². The van der Waals surface area contributed by atoms with Crippen molar-refractivity contribution >= 4 is 23.4 Å². The van der Waals surface area contributed by atoms with Gasteiger partial charge in [0, 0.05) is 5.02 Å². The van der Waals surface area contributed by atoms with Gasteiger partial charge in [0.1, 0.15) is 11.5 Å². The van der Waals surface area contributed by atoms with E-state index < -0.39 is 11.7 Å². The monoisotopic (exact) mass is 334 g/mol. The molecule has 0 bridgehead atoms. The van der Waals surface area contributed by atoms with Gasteiger partial charge in [-0.1, -0.05) is 23.4 Å². The summed E-state index contributed by atoms with van der Waals surface area (Å²) < 4.78 is 43.3. The molecule has 0 fully saturated rings. The lowest BCUT2D eigenvalue weighted by atomic mass is 10.2. The van der Waals surface area contributed by atoms with Crippen molar-refractivity contribution in [2.75, 3.05) is 7.11 Å². The van der Waals surface area contributed by atoms with Gasteiger partial charge in [-0.25, -0.2) is 0 Å². The molecule has 2 aromatic rings. The Kier molecular flexibility index (Phi) is 4.58. The average molecular weight is 335 g/mol. The average Bonchev–Trinajstić information content (AvgIpc) is 2.40. The van der Waals surface area contributed by atoms with Gasteiger partial charge in [0.2, 0.25) is 0 Å². The van der Waals surface area contributed by atoms with Crippen LogP contribution >= 0.6 is 23.4 Å². The summed E-state index contributed by atoms with van der Waals surface area (Å²) in [4.78, 5) is 0.588. The molecular formula is C14H10ClF3O2S. The van der Waals surface area contributed by atoms with Gasteiger partial charge in [-0.2, -0.15) is 13.2 Å². The zero-order chi connectivity index (χ0) is 15.6. The molecular weight excluding hydrogens is 325 g/mol. The molecule has 0 heterocycles. The summed E-state index contributed by atoms with van der Waals surface area (Å²) in [7, 11) is 1.44. The lowest BCUT2D eigenvalue weighted by molar-refractivity contribution is -0.137. The van der Waals surface area contributed by atoms with Crippen LogP contribution in [0.5, 0.6) is 11.5 Å². The van der Waals surface area contributed by atoms with Gasteiger partial charge in [-0.15, -0.1) is 0 Å². The molecule has 0 saturated carbocycles. The van der Waals surface area contributed by atoms with Crippen LogP contribution in [0, 0.1) is 0 Å². The van der Waals surface area contributed by atoms with Crippen LogP contribution in [0.3, 0.4) is 0 Å². The van der Waals surface area contributed by atoms with Crippen molar-refractivity contribution in [3.05, 3.63) is 47.0 Å². The minimum Gasteiger partial charge on any atom is -0.507 e. The fourth-order valence-electron chi connectivity index (χ4n) is 1.62. The zero-order valence-corrected chi connectivity index (χ0v) is 12.3. The number of halogens is 4. The Morgan fingerprint density at radius 2 is 1.81 bits per heavy atom. The number of methoxy groups -OCH3 is 1. The molecule has 0 aromatic heterocycles. The molecule has 0 spiro atoms. The predicted molar refractivity (Wildman–Crippen MR) is 75.2 cm³/mol. The number of hydrogen-bond acceptors (Lipinski definition) is 3. The molecule has 2 nitrogen and oxygen atoms in total. The summed E-state index contributed by atoms with van der Waals surface area (Å²) in [6, 6.07) is 7.51. The fourth-order valence-corrected chi connectivity index (χ4v) is 2.89. The van der Waals surface area contributed by atoms with E-state index in [9.17, 15) is 18.3 Å². The molecule has 0 atom stereocenters. The quantitative estimate of drug-likeness (QED) is 0.834. The molecule has 0 aliphatic heterocycles. The first-order chi connectivity index (χ1) is 9.81. The van der Waals surface area contributed by atoms with Gasteiger partial charge < -0.3 is 9.84 Å². The van der Waals surface area contributed by atoms with E-state index in [1.807, 2.05) is 0 Å². The smallest absolute Gasteiger partial charge is 0.416 e. The molecule has 0 saturated heterocycles. The topological polar surface area (TPSA) is 29.5 Å². The van der Waals surface area contributed by atoms with E-state index in [0.29, 0.717) is 15.7 Å². The molecule has 0 radical (unpaired) electrons. The summed E-state index contributed by atoms with van der Waals surface area (Å²) in [5.41, 5.74) is -0.830. The fraction of sp³-hybridized carbons (Fsp3) is 0.143. The first kappa shape index (κ1) is 15.9. The molecule has 7 heteroatoms. The zero-order valence-electron chi connectivity index (χ0n) is 10.7. The summed E-state index contributed by atoms with van der Waals surface area (Å²) in [6.45, 7) is 0. The normalized spacial score (nSPS) is 11.5. The highest BCUT2D eigenvalue weighted by molar-refractivity contribution is 7.99. The second-order valence-corrected chi connectivity index (χ2v) is 5.60. The van der Waals surface area contributed by atoms with Crippen LogP contribution in [0.15, 0.2) is 46.2 Å². The maximum Gasteiger partial charge on any atom is 0.416 e. The highest BCUT2D eigenvalue weighted by Crippen LogP contribution is 2.42. The molecule has 112 valence electrons. The third-order valence-corrected chi connectivity index (χ3v) is 3.95. The van der Waals surface area contributed by atoms with E-state index in [1.54, 1.807) is 18.2 Å². The van der Waals surface area contributed by atoms with Crippen LogP contribution in [-0.4, -0.2) is 12.2 Å². The number of hydrogen-bond donors (Lipinski definition) is 1. The Morgan fingerprint density at radius 1 is 1.10 bits per heavy atom. The summed E-state index contributed by atoms with van der Waals surface area (Å²) >= 11 is 6.82. The van der Waals surface area contributed by atoms with Crippen LogP contribution in [0.25, 0.3) is 0 Å². The molecule has 0 amide bonds. The van der Waals surface area contributed by atoms with Gasteiger partial charge in [-0.3, -0.25) is 0 Å². The number of phenols is 1. The van der Waals surface area contributed by atoms with Crippen molar-refractivity contribution in [2.24, 2.45) is 0 Å². The summed E-state index contributed by atoms with van der Waals surface area (Å²) in [6.07, 6.45) is -4.47. The van der Waals surface area contributed by atoms with Crippen molar-refractivity contribution in [2.45, 2.75) is 16.0 Å². The number of phenolic OH excluding ortho intramolecular Hbond substituents is 1. The van der Waals surface area contributed by atoms with Crippen LogP contribution < -0.4 is 4.74 Å². The Hall–Kier alpha value is -1.53. The molecule has 21 heavy (non-hydrogen) atoms. The van der Waals surface area contributed by atoms with E-state index in [0.717, 1.165) is 30.0 Å². The molecule has 0 aliphatic rings. The van der Waals surface area contributed by atoms with Crippen molar-refractivity contribution in [1.29, 1.82) is 0 Å². The van der Waals surface area contributed by atoms with E-state index in [-0.39, 0.29) is 10.6 Å². The molecule has 2 aromatic carbocycles. The van der Waals surface area contributed by atoms with Crippen LogP contribution in [-0.2, 0) is 6.18 Å². The molecule has 2 rings (SSSR count). The number of aromatic hydroxyl groups is 1. The summed E-state index contributed by atoms with van der Waals surface area (Å²) in [5.74, 6) is 0.219. The third-order valence-electron chi connectivity index (χ3n) is 2.63. The van der Waals surface area contributed by atoms with Gasteiger partial charge in [0.05, 0.1) is 22.5 Å². The van der Waals surface area contributed by atoms with Crippen LogP contribution in [0.1, 0.15) is 5.56 Å².